The molecule has 0 aromatic heterocycles. The fourth-order valence-corrected chi connectivity index (χ4v) is 1.90. The molecule has 0 saturated heterocycles. The molecule has 0 spiro atoms. The Hall–Kier alpha value is -2.36. The predicted molar refractivity (Wildman–Crippen MR) is 103 cm³/mol. The molecule has 138 valence electrons. The largest absolute Gasteiger partial charge is 0.465 e. The second-order valence-electron chi connectivity index (χ2n) is 5.11. The molecular weight excluding hydrogens is 316 g/mol. The van der Waals surface area contributed by atoms with Crippen LogP contribution in [-0.2, 0) is 9.47 Å². The molecule has 2 rings (SSSR count). The Morgan fingerprint density at radius 3 is 1.68 bits per heavy atom. The van der Waals surface area contributed by atoms with Crippen LogP contribution in [0.2, 0.25) is 0 Å². The molecule has 0 amide bonds. The van der Waals surface area contributed by atoms with Crippen LogP contribution in [0.25, 0.3) is 10.8 Å². The Kier molecular flexibility index (Phi) is 11.8. The van der Waals surface area contributed by atoms with E-state index in [0.717, 1.165) is 17.2 Å². The van der Waals surface area contributed by atoms with E-state index in [2.05, 4.69) is 18.6 Å². The van der Waals surface area contributed by atoms with Gasteiger partial charge in [-0.3, -0.25) is 0 Å². The van der Waals surface area contributed by atoms with Gasteiger partial charge >= 0.3 is 11.9 Å². The zero-order chi connectivity index (χ0) is 19.2. The van der Waals surface area contributed by atoms with E-state index in [1.54, 1.807) is 36.4 Å². The van der Waals surface area contributed by atoms with Gasteiger partial charge in [0.15, 0.2) is 0 Å². The molecule has 2 aromatic rings. The predicted octanol–water partition coefficient (Wildman–Crippen LogP) is 5.64. The highest BCUT2D eigenvalue weighted by Crippen LogP contribution is 2.19. The zero-order valence-electron chi connectivity index (χ0n) is 16.2. The van der Waals surface area contributed by atoms with E-state index in [1.807, 2.05) is 20.8 Å². The van der Waals surface area contributed by atoms with Crippen molar-refractivity contribution in [1.82, 2.24) is 0 Å². The second kappa shape index (κ2) is 13.0. The molecule has 0 heterocycles. The number of esters is 2. The molecule has 0 aliphatic carbocycles. The van der Waals surface area contributed by atoms with E-state index in [-0.39, 0.29) is 11.9 Å². The number of hydrogen-bond acceptors (Lipinski definition) is 4. The summed E-state index contributed by atoms with van der Waals surface area (Å²) in [6.45, 7) is 10.6. The van der Waals surface area contributed by atoms with Gasteiger partial charge in [-0.2, -0.15) is 0 Å². The van der Waals surface area contributed by atoms with Crippen LogP contribution >= 0.6 is 0 Å². The average molecular weight is 346 g/mol. The Balaban J connectivity index is 0.00000104. The molecule has 0 bridgehead atoms. The van der Waals surface area contributed by atoms with Crippen LogP contribution in [-0.4, -0.2) is 25.7 Å². The number of hydrogen-bond donors (Lipinski definition) is 0. The number of rotatable bonds is 4. The van der Waals surface area contributed by atoms with Gasteiger partial charge < -0.3 is 9.47 Å². The number of carbonyl (C=O) groups excluding carboxylic acids is 2. The summed E-state index contributed by atoms with van der Waals surface area (Å²) in [5.41, 5.74) is 0.998. The maximum Gasteiger partial charge on any atom is 0.338 e. The number of fused-ring (bicyclic) bond motifs is 1. The molecule has 0 fully saturated rings. The summed E-state index contributed by atoms with van der Waals surface area (Å²) in [5.74, 6) is -0.705. The van der Waals surface area contributed by atoms with Gasteiger partial charge in [0.1, 0.15) is 0 Å². The fourth-order valence-electron chi connectivity index (χ4n) is 1.90. The van der Waals surface area contributed by atoms with Crippen molar-refractivity contribution >= 4 is 22.7 Å². The molecule has 0 N–H and O–H groups in total. The van der Waals surface area contributed by atoms with Crippen molar-refractivity contribution in [3.8, 4) is 0 Å². The molecule has 0 unspecified atom stereocenters. The van der Waals surface area contributed by atoms with E-state index in [0.29, 0.717) is 17.7 Å². The van der Waals surface area contributed by atoms with Crippen molar-refractivity contribution in [2.24, 2.45) is 0 Å². The van der Waals surface area contributed by atoms with Crippen molar-refractivity contribution < 1.29 is 19.1 Å². The second-order valence-corrected chi connectivity index (χ2v) is 5.11. The van der Waals surface area contributed by atoms with Crippen LogP contribution in [0.5, 0.6) is 0 Å². The number of methoxy groups -OCH3 is 1. The summed E-state index contributed by atoms with van der Waals surface area (Å²) in [6, 6.07) is 10.5. The monoisotopic (exact) mass is 346 g/mol. The lowest BCUT2D eigenvalue weighted by Gasteiger charge is -2.06. The normalized spacial score (nSPS) is 9.20. The maximum absolute atomic E-state index is 11.8. The highest BCUT2D eigenvalue weighted by molar-refractivity contribution is 5.98. The third-order valence-corrected chi connectivity index (χ3v) is 2.93. The molecule has 0 aliphatic rings. The van der Waals surface area contributed by atoms with Gasteiger partial charge in [-0.05, 0) is 41.5 Å². The highest BCUT2D eigenvalue weighted by Gasteiger charge is 2.09. The first kappa shape index (κ1) is 22.6. The van der Waals surface area contributed by atoms with Crippen LogP contribution < -0.4 is 0 Å². The molecule has 0 saturated carbocycles. The van der Waals surface area contributed by atoms with Crippen molar-refractivity contribution in [1.29, 1.82) is 0 Å². The van der Waals surface area contributed by atoms with Gasteiger partial charge in [-0.15, -0.1) is 0 Å². The van der Waals surface area contributed by atoms with Crippen molar-refractivity contribution in [2.75, 3.05) is 13.7 Å². The quantitative estimate of drug-likeness (QED) is 0.673. The summed E-state index contributed by atoms with van der Waals surface area (Å²) < 4.78 is 9.77. The zero-order valence-corrected chi connectivity index (χ0v) is 16.2. The minimum Gasteiger partial charge on any atom is -0.465 e. The van der Waals surface area contributed by atoms with Crippen LogP contribution in [0.1, 0.15) is 68.2 Å². The Labute approximate surface area is 151 Å². The van der Waals surface area contributed by atoms with Crippen molar-refractivity contribution in [3.05, 3.63) is 47.5 Å². The minimum atomic E-state index is -0.377. The van der Waals surface area contributed by atoms with Gasteiger partial charge in [0, 0.05) is 0 Å². The van der Waals surface area contributed by atoms with Crippen molar-refractivity contribution in [2.45, 2.75) is 47.5 Å². The molecule has 0 atom stereocenters. The van der Waals surface area contributed by atoms with E-state index in [9.17, 15) is 9.59 Å². The summed E-state index contributed by atoms with van der Waals surface area (Å²) >= 11 is 0. The minimum absolute atomic E-state index is 0.328. The van der Waals surface area contributed by atoms with E-state index in [4.69, 9.17) is 4.74 Å². The van der Waals surface area contributed by atoms with Gasteiger partial charge in [0.2, 0.25) is 0 Å². The Morgan fingerprint density at radius 1 is 0.840 bits per heavy atom. The maximum atomic E-state index is 11.8. The first-order valence-electron chi connectivity index (χ1n) is 8.86. The number of benzene rings is 2. The third kappa shape index (κ3) is 7.38. The molecule has 25 heavy (non-hydrogen) atoms. The van der Waals surface area contributed by atoms with E-state index in [1.165, 1.54) is 13.5 Å². The Bertz CT molecular complexity index is 662. The van der Waals surface area contributed by atoms with Gasteiger partial charge in [0.25, 0.3) is 0 Å². The first-order valence-corrected chi connectivity index (χ1v) is 8.86. The van der Waals surface area contributed by atoms with Crippen LogP contribution in [0, 0.1) is 0 Å². The summed E-state index contributed by atoms with van der Waals surface area (Å²) in [7, 11) is 1.35. The topological polar surface area (TPSA) is 52.6 Å². The lowest BCUT2D eigenvalue weighted by atomic mass is 10.0. The molecule has 2 aromatic carbocycles. The average Bonchev–Trinajstić information content (AvgIpc) is 2.66. The van der Waals surface area contributed by atoms with Crippen LogP contribution in [0.4, 0.5) is 0 Å². The molecule has 0 radical (unpaired) electrons. The van der Waals surface area contributed by atoms with E-state index < -0.39 is 0 Å². The van der Waals surface area contributed by atoms with Crippen LogP contribution in [0.3, 0.4) is 0 Å². The van der Waals surface area contributed by atoms with Gasteiger partial charge in [0.05, 0.1) is 24.8 Å². The molecule has 4 nitrogen and oxygen atoms in total. The summed E-state index contributed by atoms with van der Waals surface area (Å²) in [4.78, 5) is 23.2. The Morgan fingerprint density at radius 2 is 1.28 bits per heavy atom. The first-order chi connectivity index (χ1) is 12.1. The lowest BCUT2D eigenvalue weighted by molar-refractivity contribution is 0.0504. The van der Waals surface area contributed by atoms with E-state index >= 15 is 0 Å². The van der Waals surface area contributed by atoms with Gasteiger partial charge in [-0.1, -0.05) is 53.2 Å². The summed E-state index contributed by atoms with van der Waals surface area (Å²) in [5, 5.41) is 1.75. The SMILES string of the molecule is CC.CCC.CCCOC(=O)c1ccc2cc(C(=O)OC)ccc2c1. The fraction of sp³-hybridized carbons (Fsp3) is 0.429. The standard InChI is InChI=1S/C16H16O4.C3H8.C2H6/c1-3-8-20-16(18)14-7-5-11-9-13(15(17)19-2)6-4-12(11)10-14;1-3-2;1-2/h4-7,9-10H,3,8H2,1-2H3;3H2,1-2H3;1-2H3. The molecule has 4 heteroatoms. The third-order valence-electron chi connectivity index (χ3n) is 2.93. The number of ether oxygens (including phenoxy) is 2. The van der Waals surface area contributed by atoms with Crippen molar-refractivity contribution in [3.63, 3.8) is 0 Å². The molecular formula is C21H30O4. The lowest BCUT2D eigenvalue weighted by Crippen LogP contribution is -2.05. The highest BCUT2D eigenvalue weighted by atomic mass is 16.5. The molecule has 0 aliphatic heterocycles. The summed E-state index contributed by atoms with van der Waals surface area (Å²) in [6.07, 6.45) is 2.04. The van der Waals surface area contributed by atoms with Gasteiger partial charge in [-0.25, -0.2) is 9.59 Å². The smallest absolute Gasteiger partial charge is 0.338 e. The van der Waals surface area contributed by atoms with Crippen LogP contribution in [0.15, 0.2) is 36.4 Å². The number of carbonyl (C=O) groups is 2.